The van der Waals surface area contributed by atoms with Crippen molar-refractivity contribution in [3.8, 4) is 5.75 Å². The number of nitrogens with one attached hydrogen (secondary N) is 1. The second-order valence-corrected chi connectivity index (χ2v) is 8.84. The molecule has 6 heteroatoms. The summed E-state index contributed by atoms with van der Waals surface area (Å²) in [4.78, 5) is 27.9. The molecule has 3 aromatic rings. The predicted octanol–water partition coefficient (Wildman–Crippen LogP) is 4.31. The van der Waals surface area contributed by atoms with Crippen molar-refractivity contribution >= 4 is 11.8 Å². The molecule has 0 fully saturated rings. The van der Waals surface area contributed by atoms with Crippen LogP contribution in [0.15, 0.2) is 72.8 Å². The second-order valence-electron chi connectivity index (χ2n) is 8.84. The highest BCUT2D eigenvalue weighted by molar-refractivity contribution is 5.95. The van der Waals surface area contributed by atoms with Gasteiger partial charge in [0.05, 0.1) is 12.6 Å². The first kappa shape index (κ1) is 24.5. The van der Waals surface area contributed by atoms with E-state index in [1.165, 1.54) is 5.56 Å². The molecule has 1 N–H and O–H groups in total. The Bertz CT molecular complexity index is 1180. The monoisotopic (exact) mass is 472 g/mol. The number of amides is 2. The first-order valence-electron chi connectivity index (χ1n) is 12.0. The van der Waals surface area contributed by atoms with E-state index in [1.807, 2.05) is 59.5 Å². The number of hydrogen-bond acceptors (Lipinski definition) is 4. The van der Waals surface area contributed by atoms with E-state index in [1.54, 1.807) is 14.0 Å². The second kappa shape index (κ2) is 11.2. The van der Waals surface area contributed by atoms with Crippen LogP contribution in [0.1, 0.15) is 45.6 Å². The maximum atomic E-state index is 13.6. The van der Waals surface area contributed by atoms with Crippen LogP contribution in [0, 0.1) is 6.92 Å². The zero-order valence-electron chi connectivity index (χ0n) is 20.5. The molecule has 0 radical (unpaired) electrons. The van der Waals surface area contributed by atoms with Gasteiger partial charge >= 0.3 is 0 Å². The summed E-state index contributed by atoms with van der Waals surface area (Å²) >= 11 is 0. The minimum absolute atomic E-state index is 0.0000310. The lowest BCUT2D eigenvalue weighted by Crippen LogP contribution is -2.41. The van der Waals surface area contributed by atoms with E-state index >= 15 is 0 Å². The number of ether oxygens (including phenoxy) is 2. The van der Waals surface area contributed by atoms with Gasteiger partial charge in [0, 0.05) is 25.8 Å². The van der Waals surface area contributed by atoms with Crippen molar-refractivity contribution in [1.29, 1.82) is 0 Å². The molecule has 182 valence electrons. The Morgan fingerprint density at radius 1 is 1.06 bits per heavy atom. The van der Waals surface area contributed by atoms with Gasteiger partial charge in [-0.05, 0) is 61.2 Å². The summed E-state index contributed by atoms with van der Waals surface area (Å²) in [7, 11) is 1.59. The summed E-state index contributed by atoms with van der Waals surface area (Å²) in [5.74, 6) is 0.403. The zero-order valence-corrected chi connectivity index (χ0v) is 20.5. The molecule has 2 atom stereocenters. The third kappa shape index (κ3) is 5.72. The lowest BCUT2D eigenvalue weighted by molar-refractivity contribution is -0.127. The Hall–Kier alpha value is -3.64. The first-order chi connectivity index (χ1) is 17.0. The highest BCUT2D eigenvalue weighted by Crippen LogP contribution is 2.38. The number of hydrogen-bond donors (Lipinski definition) is 1. The Morgan fingerprint density at radius 2 is 1.86 bits per heavy atom. The smallest absolute Gasteiger partial charge is 0.260 e. The van der Waals surface area contributed by atoms with Gasteiger partial charge in [0.1, 0.15) is 5.75 Å². The van der Waals surface area contributed by atoms with E-state index in [-0.39, 0.29) is 17.9 Å². The lowest BCUT2D eigenvalue weighted by Gasteiger charge is -2.38. The summed E-state index contributed by atoms with van der Waals surface area (Å²) in [6.07, 6.45) is 0.0942. The summed E-state index contributed by atoms with van der Waals surface area (Å²) in [6, 6.07) is 23.4. The molecule has 1 aliphatic rings. The van der Waals surface area contributed by atoms with E-state index in [0.29, 0.717) is 31.0 Å². The fourth-order valence-electron chi connectivity index (χ4n) is 4.51. The third-order valence-corrected chi connectivity index (χ3v) is 6.27. The molecule has 0 bridgehead atoms. The van der Waals surface area contributed by atoms with Crippen LogP contribution in [-0.4, -0.2) is 49.6 Å². The van der Waals surface area contributed by atoms with Crippen molar-refractivity contribution in [2.45, 2.75) is 32.4 Å². The van der Waals surface area contributed by atoms with Crippen LogP contribution in [0.5, 0.6) is 5.75 Å². The van der Waals surface area contributed by atoms with Crippen molar-refractivity contribution in [1.82, 2.24) is 10.2 Å². The third-order valence-electron chi connectivity index (χ3n) is 6.27. The minimum Gasteiger partial charge on any atom is -0.481 e. The van der Waals surface area contributed by atoms with E-state index in [2.05, 4.69) is 30.4 Å². The van der Waals surface area contributed by atoms with Gasteiger partial charge in [0.2, 0.25) is 0 Å². The van der Waals surface area contributed by atoms with Crippen LogP contribution in [0.2, 0.25) is 0 Å². The quantitative estimate of drug-likeness (QED) is 0.496. The molecule has 3 aromatic carbocycles. The topological polar surface area (TPSA) is 67.9 Å². The Morgan fingerprint density at radius 3 is 2.60 bits per heavy atom. The molecule has 1 heterocycles. The summed E-state index contributed by atoms with van der Waals surface area (Å²) in [5, 5.41) is 2.81. The average molecular weight is 473 g/mol. The van der Waals surface area contributed by atoms with E-state index in [0.717, 1.165) is 23.1 Å². The van der Waals surface area contributed by atoms with E-state index < -0.39 is 6.10 Å². The van der Waals surface area contributed by atoms with Crippen molar-refractivity contribution in [3.05, 3.63) is 101 Å². The Balaban J connectivity index is 1.66. The normalized spacial score (nSPS) is 15.7. The summed E-state index contributed by atoms with van der Waals surface area (Å²) in [5.41, 5.74) is 5.06. The molecular weight excluding hydrogens is 440 g/mol. The van der Waals surface area contributed by atoms with Crippen molar-refractivity contribution < 1.29 is 19.1 Å². The molecule has 0 spiro atoms. The molecule has 0 saturated heterocycles. The van der Waals surface area contributed by atoms with Gasteiger partial charge in [-0.15, -0.1) is 0 Å². The van der Waals surface area contributed by atoms with Crippen LogP contribution >= 0.6 is 0 Å². The van der Waals surface area contributed by atoms with Crippen LogP contribution in [0.4, 0.5) is 0 Å². The largest absolute Gasteiger partial charge is 0.481 e. The summed E-state index contributed by atoms with van der Waals surface area (Å²) < 4.78 is 11.0. The molecule has 0 aliphatic carbocycles. The standard InChI is InChI=1S/C29H32N2O4/c1-20-8-7-11-24(18-20)27-26-19-25(35-21(2)28(32)30-15-17-34-3)13-12-22(26)14-16-31(27)29(33)23-9-5-4-6-10-23/h4-13,18-19,21,27H,14-17H2,1-3H3,(H,30,32)/t21-,27+/m0/s1. The molecule has 0 unspecified atom stereocenters. The molecule has 6 nitrogen and oxygen atoms in total. The van der Waals surface area contributed by atoms with Crippen molar-refractivity contribution in [3.63, 3.8) is 0 Å². The Kier molecular flexibility index (Phi) is 7.83. The van der Waals surface area contributed by atoms with Crippen molar-refractivity contribution in [2.24, 2.45) is 0 Å². The molecular formula is C29H32N2O4. The minimum atomic E-state index is -0.659. The first-order valence-corrected chi connectivity index (χ1v) is 12.0. The van der Waals surface area contributed by atoms with Crippen LogP contribution in [-0.2, 0) is 16.0 Å². The number of carbonyl (C=O) groups excluding carboxylic acids is 2. The number of aryl methyl sites for hydroxylation is 1. The lowest BCUT2D eigenvalue weighted by atomic mass is 9.87. The summed E-state index contributed by atoms with van der Waals surface area (Å²) in [6.45, 7) is 5.28. The number of carbonyl (C=O) groups is 2. The molecule has 4 rings (SSSR count). The van der Waals surface area contributed by atoms with Gasteiger partial charge in [-0.1, -0.05) is 54.1 Å². The zero-order chi connectivity index (χ0) is 24.8. The molecule has 2 amide bonds. The van der Waals surface area contributed by atoms with Gasteiger partial charge in [-0.25, -0.2) is 0 Å². The van der Waals surface area contributed by atoms with Gasteiger partial charge in [-0.3, -0.25) is 9.59 Å². The van der Waals surface area contributed by atoms with E-state index in [4.69, 9.17) is 9.47 Å². The maximum absolute atomic E-state index is 13.6. The fourth-order valence-corrected chi connectivity index (χ4v) is 4.51. The molecule has 1 aliphatic heterocycles. The van der Waals surface area contributed by atoms with Gasteiger partial charge < -0.3 is 19.7 Å². The number of nitrogens with zero attached hydrogens (tertiary/aromatic N) is 1. The fraction of sp³-hybridized carbons (Fsp3) is 0.310. The number of fused-ring (bicyclic) bond motifs is 1. The highest BCUT2D eigenvalue weighted by atomic mass is 16.5. The van der Waals surface area contributed by atoms with Crippen LogP contribution in [0.25, 0.3) is 0 Å². The molecule has 0 saturated carbocycles. The molecule has 35 heavy (non-hydrogen) atoms. The number of rotatable bonds is 8. The Labute approximate surface area is 206 Å². The van der Waals surface area contributed by atoms with Crippen LogP contribution in [0.3, 0.4) is 0 Å². The average Bonchev–Trinajstić information content (AvgIpc) is 2.88. The van der Waals surface area contributed by atoms with Crippen molar-refractivity contribution in [2.75, 3.05) is 26.8 Å². The van der Waals surface area contributed by atoms with Gasteiger partial charge in [-0.2, -0.15) is 0 Å². The van der Waals surface area contributed by atoms with Crippen LogP contribution < -0.4 is 10.1 Å². The maximum Gasteiger partial charge on any atom is 0.260 e. The number of methoxy groups -OCH3 is 1. The highest BCUT2D eigenvalue weighted by Gasteiger charge is 2.33. The van der Waals surface area contributed by atoms with Gasteiger partial charge in [0.15, 0.2) is 6.10 Å². The predicted molar refractivity (Wildman–Crippen MR) is 136 cm³/mol. The van der Waals surface area contributed by atoms with E-state index in [9.17, 15) is 9.59 Å². The molecule has 0 aromatic heterocycles. The SMILES string of the molecule is COCCNC(=O)[C@H](C)Oc1ccc2c(c1)[C@@H](c1cccc(C)c1)N(C(=O)c1ccccc1)CC2. The number of benzene rings is 3. The van der Waals surface area contributed by atoms with Gasteiger partial charge in [0.25, 0.3) is 11.8 Å².